The van der Waals surface area contributed by atoms with Crippen molar-refractivity contribution in [1.29, 1.82) is 0 Å². The fourth-order valence-corrected chi connectivity index (χ4v) is 2.81. The van der Waals surface area contributed by atoms with E-state index in [4.69, 9.17) is 11.6 Å². The van der Waals surface area contributed by atoms with E-state index in [-0.39, 0.29) is 0 Å². The first-order valence-electron chi connectivity index (χ1n) is 7.54. The molecule has 1 N–H and O–H groups in total. The molecular formula is C17H25ClN2. The highest BCUT2D eigenvalue weighted by Gasteiger charge is 2.06. The lowest BCUT2D eigenvalue weighted by molar-refractivity contribution is 0.443. The SMILES string of the molecule is CC(C)CCC(C)NCCn1ccc2cccc(Cl)c21. The number of rotatable bonds is 7. The lowest BCUT2D eigenvalue weighted by Crippen LogP contribution is -2.29. The van der Waals surface area contributed by atoms with E-state index in [1.165, 1.54) is 18.2 Å². The van der Waals surface area contributed by atoms with Crippen LogP contribution in [0.2, 0.25) is 5.02 Å². The molecule has 0 saturated heterocycles. The highest BCUT2D eigenvalue weighted by Crippen LogP contribution is 2.24. The molecule has 0 radical (unpaired) electrons. The number of para-hydroxylation sites is 1. The Kier molecular flexibility index (Phi) is 5.50. The van der Waals surface area contributed by atoms with Gasteiger partial charge in [0.2, 0.25) is 0 Å². The molecule has 1 aromatic carbocycles. The Hall–Kier alpha value is -0.990. The number of aromatic nitrogens is 1. The van der Waals surface area contributed by atoms with Crippen molar-refractivity contribution in [1.82, 2.24) is 9.88 Å². The Morgan fingerprint density at radius 2 is 1.95 bits per heavy atom. The molecule has 0 aliphatic heterocycles. The minimum atomic E-state index is 0.578. The van der Waals surface area contributed by atoms with E-state index < -0.39 is 0 Å². The number of nitrogens with one attached hydrogen (secondary N) is 1. The average molecular weight is 293 g/mol. The molecule has 2 aromatic rings. The molecule has 110 valence electrons. The summed E-state index contributed by atoms with van der Waals surface area (Å²) in [7, 11) is 0. The minimum absolute atomic E-state index is 0.578. The van der Waals surface area contributed by atoms with Gasteiger partial charge in [0, 0.05) is 30.7 Å². The zero-order valence-electron chi connectivity index (χ0n) is 12.7. The minimum Gasteiger partial charge on any atom is -0.345 e. The number of hydrogen-bond donors (Lipinski definition) is 1. The van der Waals surface area contributed by atoms with Crippen LogP contribution >= 0.6 is 11.6 Å². The summed E-state index contributed by atoms with van der Waals surface area (Å²) in [5.41, 5.74) is 1.14. The molecule has 0 bridgehead atoms. The third kappa shape index (κ3) is 4.00. The zero-order valence-corrected chi connectivity index (χ0v) is 13.5. The highest BCUT2D eigenvalue weighted by atomic mass is 35.5. The fourth-order valence-electron chi connectivity index (χ4n) is 2.52. The van der Waals surface area contributed by atoms with Gasteiger partial charge in [-0.25, -0.2) is 0 Å². The van der Waals surface area contributed by atoms with Gasteiger partial charge in [-0.3, -0.25) is 0 Å². The van der Waals surface area contributed by atoms with E-state index in [0.717, 1.165) is 29.5 Å². The van der Waals surface area contributed by atoms with Crippen LogP contribution in [0.25, 0.3) is 10.9 Å². The van der Waals surface area contributed by atoms with Gasteiger partial charge in [0.15, 0.2) is 0 Å². The van der Waals surface area contributed by atoms with Gasteiger partial charge in [0.1, 0.15) is 0 Å². The lowest BCUT2D eigenvalue weighted by atomic mass is 10.0. The molecule has 1 heterocycles. The summed E-state index contributed by atoms with van der Waals surface area (Å²) in [5, 5.41) is 5.64. The summed E-state index contributed by atoms with van der Waals surface area (Å²) in [6, 6.07) is 8.77. The van der Waals surface area contributed by atoms with Crippen LogP contribution in [0.15, 0.2) is 30.5 Å². The Morgan fingerprint density at radius 3 is 2.70 bits per heavy atom. The van der Waals surface area contributed by atoms with E-state index in [0.29, 0.717) is 6.04 Å². The van der Waals surface area contributed by atoms with Crippen LogP contribution < -0.4 is 5.32 Å². The molecule has 1 aromatic heterocycles. The van der Waals surface area contributed by atoms with Crippen LogP contribution in [-0.2, 0) is 6.54 Å². The van der Waals surface area contributed by atoms with Crippen LogP contribution in [0.3, 0.4) is 0 Å². The van der Waals surface area contributed by atoms with Gasteiger partial charge in [-0.2, -0.15) is 0 Å². The molecule has 2 rings (SSSR count). The molecule has 3 heteroatoms. The summed E-state index contributed by atoms with van der Waals surface area (Å²) in [6.07, 6.45) is 4.65. The fraction of sp³-hybridized carbons (Fsp3) is 0.529. The summed E-state index contributed by atoms with van der Waals surface area (Å²) >= 11 is 6.29. The maximum Gasteiger partial charge on any atom is 0.0670 e. The van der Waals surface area contributed by atoms with E-state index in [2.05, 4.69) is 49.0 Å². The number of benzene rings is 1. The Bertz CT molecular complexity index is 545. The van der Waals surface area contributed by atoms with Crippen LogP contribution in [0, 0.1) is 5.92 Å². The normalized spacial score (nSPS) is 13.2. The molecule has 1 atom stereocenters. The number of fused-ring (bicyclic) bond motifs is 1. The third-order valence-electron chi connectivity index (χ3n) is 3.76. The van der Waals surface area contributed by atoms with Crippen molar-refractivity contribution in [3.05, 3.63) is 35.5 Å². The van der Waals surface area contributed by atoms with Crippen molar-refractivity contribution < 1.29 is 0 Å². The van der Waals surface area contributed by atoms with Crippen molar-refractivity contribution in [2.24, 2.45) is 5.92 Å². The number of hydrogen-bond acceptors (Lipinski definition) is 1. The Balaban J connectivity index is 1.87. The molecular weight excluding hydrogens is 268 g/mol. The van der Waals surface area contributed by atoms with Gasteiger partial charge in [0.05, 0.1) is 10.5 Å². The largest absolute Gasteiger partial charge is 0.345 e. The van der Waals surface area contributed by atoms with Gasteiger partial charge in [-0.05, 0) is 37.8 Å². The van der Waals surface area contributed by atoms with Crippen molar-refractivity contribution in [3.8, 4) is 0 Å². The van der Waals surface area contributed by atoms with Gasteiger partial charge < -0.3 is 9.88 Å². The summed E-state index contributed by atoms with van der Waals surface area (Å²) in [6.45, 7) is 8.76. The molecule has 0 amide bonds. The summed E-state index contributed by atoms with van der Waals surface area (Å²) in [5.74, 6) is 0.784. The lowest BCUT2D eigenvalue weighted by Gasteiger charge is -2.15. The van der Waals surface area contributed by atoms with E-state index >= 15 is 0 Å². The third-order valence-corrected chi connectivity index (χ3v) is 4.07. The summed E-state index contributed by atoms with van der Waals surface area (Å²) < 4.78 is 2.24. The van der Waals surface area contributed by atoms with Crippen LogP contribution in [-0.4, -0.2) is 17.2 Å². The highest BCUT2D eigenvalue weighted by molar-refractivity contribution is 6.35. The van der Waals surface area contributed by atoms with Crippen LogP contribution in [0.1, 0.15) is 33.6 Å². The molecule has 1 unspecified atom stereocenters. The second-order valence-corrected chi connectivity index (χ2v) is 6.42. The van der Waals surface area contributed by atoms with Gasteiger partial charge >= 0.3 is 0 Å². The standard InChI is InChI=1S/C17H25ClN2/c1-13(2)7-8-14(3)19-10-12-20-11-9-15-5-4-6-16(18)17(15)20/h4-6,9,11,13-14,19H,7-8,10,12H2,1-3H3. The van der Waals surface area contributed by atoms with E-state index in [9.17, 15) is 0 Å². The quantitative estimate of drug-likeness (QED) is 0.782. The Morgan fingerprint density at radius 1 is 1.15 bits per heavy atom. The molecule has 0 spiro atoms. The van der Waals surface area contributed by atoms with Crippen molar-refractivity contribution in [2.75, 3.05) is 6.54 Å². The van der Waals surface area contributed by atoms with Crippen molar-refractivity contribution >= 4 is 22.5 Å². The molecule has 0 saturated carbocycles. The molecule has 2 nitrogen and oxygen atoms in total. The topological polar surface area (TPSA) is 17.0 Å². The number of nitrogens with zero attached hydrogens (tertiary/aromatic N) is 1. The second kappa shape index (κ2) is 7.14. The molecule has 20 heavy (non-hydrogen) atoms. The maximum atomic E-state index is 6.29. The second-order valence-electron chi connectivity index (χ2n) is 6.01. The van der Waals surface area contributed by atoms with Gasteiger partial charge in [-0.15, -0.1) is 0 Å². The van der Waals surface area contributed by atoms with E-state index in [1.54, 1.807) is 0 Å². The predicted molar refractivity (Wildman–Crippen MR) is 88.5 cm³/mol. The molecule has 0 fully saturated rings. The van der Waals surface area contributed by atoms with E-state index in [1.807, 2.05) is 12.1 Å². The molecule has 0 aliphatic rings. The maximum absolute atomic E-state index is 6.29. The monoisotopic (exact) mass is 292 g/mol. The summed E-state index contributed by atoms with van der Waals surface area (Å²) in [4.78, 5) is 0. The number of halogens is 1. The first-order valence-corrected chi connectivity index (χ1v) is 7.92. The van der Waals surface area contributed by atoms with Crippen molar-refractivity contribution in [3.63, 3.8) is 0 Å². The molecule has 0 aliphatic carbocycles. The Labute approximate surface area is 127 Å². The van der Waals surface area contributed by atoms with Gasteiger partial charge in [0.25, 0.3) is 0 Å². The van der Waals surface area contributed by atoms with Crippen LogP contribution in [0.4, 0.5) is 0 Å². The first kappa shape index (κ1) is 15.4. The predicted octanol–water partition coefficient (Wildman–Crippen LogP) is 4.71. The average Bonchev–Trinajstić information content (AvgIpc) is 2.81. The van der Waals surface area contributed by atoms with Gasteiger partial charge in [-0.1, -0.05) is 37.6 Å². The zero-order chi connectivity index (χ0) is 14.5. The first-order chi connectivity index (χ1) is 9.58. The van der Waals surface area contributed by atoms with Crippen molar-refractivity contribution in [2.45, 2.75) is 46.2 Å². The smallest absolute Gasteiger partial charge is 0.0670 e. The van der Waals surface area contributed by atoms with Crippen LogP contribution in [0.5, 0.6) is 0 Å².